The summed E-state index contributed by atoms with van der Waals surface area (Å²) in [4.78, 5) is 12.5. The number of amides is 1. The molecule has 0 unspecified atom stereocenters. The molecule has 0 fully saturated rings. The van der Waals surface area contributed by atoms with Crippen LogP contribution in [0.3, 0.4) is 0 Å². The predicted octanol–water partition coefficient (Wildman–Crippen LogP) is 4.45. The highest BCUT2D eigenvalue weighted by Gasteiger charge is 2.18. The molecule has 4 aromatic rings. The van der Waals surface area contributed by atoms with E-state index in [1.54, 1.807) is 35.0 Å². The van der Waals surface area contributed by atoms with E-state index in [1.807, 2.05) is 38.2 Å². The van der Waals surface area contributed by atoms with Gasteiger partial charge in [0, 0.05) is 23.9 Å². The molecular formula is C22H18ClN5O3. The lowest BCUT2D eigenvalue weighted by Crippen LogP contribution is -2.36. The van der Waals surface area contributed by atoms with Crippen LogP contribution in [0.2, 0.25) is 5.02 Å². The Balaban J connectivity index is 1.39. The summed E-state index contributed by atoms with van der Waals surface area (Å²) in [5.74, 6) is 1.30. The molecule has 0 saturated heterocycles. The van der Waals surface area contributed by atoms with Gasteiger partial charge in [-0.1, -0.05) is 22.8 Å². The molecule has 1 atom stereocenters. The summed E-state index contributed by atoms with van der Waals surface area (Å²) in [7, 11) is 0. The third-order valence-electron chi connectivity index (χ3n) is 4.59. The zero-order valence-corrected chi connectivity index (χ0v) is 17.6. The fraction of sp³-hybridized carbons (Fsp3) is 0.182. The summed E-state index contributed by atoms with van der Waals surface area (Å²) in [5, 5.41) is 20.6. The molecule has 31 heavy (non-hydrogen) atoms. The highest BCUT2D eigenvalue weighted by molar-refractivity contribution is 6.32. The zero-order chi connectivity index (χ0) is 22.0. The van der Waals surface area contributed by atoms with Crippen molar-refractivity contribution in [3.8, 4) is 28.8 Å². The minimum Gasteiger partial charge on any atom is -0.458 e. The molecule has 8 nitrogen and oxygen atoms in total. The van der Waals surface area contributed by atoms with Crippen molar-refractivity contribution in [2.45, 2.75) is 26.4 Å². The van der Waals surface area contributed by atoms with Gasteiger partial charge in [0.2, 0.25) is 5.76 Å². The summed E-state index contributed by atoms with van der Waals surface area (Å²) in [5.41, 5.74) is 2.12. The van der Waals surface area contributed by atoms with Gasteiger partial charge >= 0.3 is 0 Å². The van der Waals surface area contributed by atoms with E-state index in [4.69, 9.17) is 25.8 Å². The maximum atomic E-state index is 12.5. The molecular weight excluding hydrogens is 418 g/mol. The van der Waals surface area contributed by atoms with Crippen LogP contribution in [0.1, 0.15) is 28.7 Å². The first kappa shape index (κ1) is 20.4. The largest absolute Gasteiger partial charge is 0.458 e. The highest BCUT2D eigenvalue weighted by atomic mass is 35.5. The summed E-state index contributed by atoms with van der Waals surface area (Å²) in [6.45, 7) is 4.15. The Morgan fingerprint density at radius 3 is 2.81 bits per heavy atom. The van der Waals surface area contributed by atoms with Crippen LogP contribution in [0.5, 0.6) is 0 Å². The fourth-order valence-electron chi connectivity index (χ4n) is 3.07. The number of nitriles is 1. The van der Waals surface area contributed by atoms with Gasteiger partial charge in [-0.05, 0) is 44.2 Å². The van der Waals surface area contributed by atoms with Gasteiger partial charge in [-0.15, -0.1) is 0 Å². The van der Waals surface area contributed by atoms with Crippen molar-refractivity contribution in [1.82, 2.24) is 20.3 Å². The topological polar surface area (TPSA) is 110 Å². The lowest BCUT2D eigenvalue weighted by Gasteiger charge is -2.12. The number of benzene rings is 1. The molecule has 156 valence electrons. The number of rotatable bonds is 6. The van der Waals surface area contributed by atoms with E-state index < -0.39 is 0 Å². The Morgan fingerprint density at radius 1 is 1.26 bits per heavy atom. The summed E-state index contributed by atoms with van der Waals surface area (Å²) >= 11 is 6.10. The maximum Gasteiger partial charge on any atom is 0.273 e. The van der Waals surface area contributed by atoms with Crippen molar-refractivity contribution < 1.29 is 13.7 Å². The Bertz CT molecular complexity index is 1280. The molecule has 0 spiro atoms. The third kappa shape index (κ3) is 4.52. The molecule has 0 saturated carbocycles. The number of carbonyl (C=O) groups excluding carboxylic acids is 1. The van der Waals surface area contributed by atoms with E-state index in [1.165, 1.54) is 0 Å². The lowest BCUT2D eigenvalue weighted by molar-refractivity contribution is 0.0927. The van der Waals surface area contributed by atoms with Crippen molar-refractivity contribution in [3.05, 3.63) is 70.7 Å². The Hall–Kier alpha value is -3.83. The second kappa shape index (κ2) is 8.50. The van der Waals surface area contributed by atoms with Crippen molar-refractivity contribution in [2.75, 3.05) is 0 Å². The number of aromatic nitrogens is 3. The van der Waals surface area contributed by atoms with Gasteiger partial charge in [-0.3, -0.25) is 9.48 Å². The van der Waals surface area contributed by atoms with Crippen molar-refractivity contribution in [1.29, 1.82) is 5.26 Å². The van der Waals surface area contributed by atoms with E-state index in [2.05, 4.69) is 15.6 Å². The lowest BCUT2D eigenvalue weighted by atomic mass is 10.1. The van der Waals surface area contributed by atoms with Crippen molar-refractivity contribution in [2.24, 2.45) is 0 Å². The Morgan fingerprint density at radius 2 is 2.10 bits per heavy atom. The number of carbonyl (C=O) groups is 1. The second-order valence-corrected chi connectivity index (χ2v) is 7.50. The second-order valence-electron chi connectivity index (χ2n) is 7.09. The van der Waals surface area contributed by atoms with E-state index in [0.717, 1.165) is 17.0 Å². The van der Waals surface area contributed by atoms with Crippen LogP contribution in [0, 0.1) is 18.3 Å². The quantitative estimate of drug-likeness (QED) is 0.479. The minimum atomic E-state index is -0.350. The number of hydrogen-bond acceptors (Lipinski definition) is 6. The predicted molar refractivity (Wildman–Crippen MR) is 113 cm³/mol. The molecule has 0 bridgehead atoms. The van der Waals surface area contributed by atoms with E-state index >= 15 is 0 Å². The third-order valence-corrected chi connectivity index (χ3v) is 4.90. The smallest absolute Gasteiger partial charge is 0.273 e. The van der Waals surface area contributed by atoms with Crippen LogP contribution in [0.25, 0.3) is 22.8 Å². The molecule has 1 N–H and O–H groups in total. The summed E-state index contributed by atoms with van der Waals surface area (Å²) in [6, 6.07) is 14.0. The highest BCUT2D eigenvalue weighted by Crippen LogP contribution is 2.24. The number of furan rings is 1. The first-order chi connectivity index (χ1) is 14.9. The number of nitrogens with zero attached hydrogens (tertiary/aromatic N) is 4. The number of aryl methyl sites for hydroxylation is 1. The molecule has 4 rings (SSSR count). The molecule has 0 radical (unpaired) electrons. The van der Waals surface area contributed by atoms with Crippen LogP contribution in [0.15, 0.2) is 57.6 Å². The molecule has 3 heterocycles. The van der Waals surface area contributed by atoms with Gasteiger partial charge in [-0.2, -0.15) is 10.4 Å². The zero-order valence-electron chi connectivity index (χ0n) is 16.8. The van der Waals surface area contributed by atoms with Gasteiger partial charge in [-0.25, -0.2) is 0 Å². The standard InChI is InChI=1S/C22H18ClN5O3/c1-13(25-22(29)19-10-21(31-27-19)20-6-3-14(2)30-20)12-28-8-7-18(26-28)15-4-5-16(11-24)17(23)9-15/h3-10,13H,12H2,1-2H3,(H,25,29)/t13-/m0/s1. The molecule has 0 aliphatic carbocycles. The average Bonchev–Trinajstić information content (AvgIpc) is 3.48. The molecule has 1 aromatic carbocycles. The first-order valence-electron chi connectivity index (χ1n) is 9.51. The summed E-state index contributed by atoms with van der Waals surface area (Å²) < 4.78 is 12.4. The molecule has 9 heteroatoms. The average molecular weight is 436 g/mol. The van der Waals surface area contributed by atoms with Gasteiger partial charge < -0.3 is 14.3 Å². The maximum absolute atomic E-state index is 12.5. The van der Waals surface area contributed by atoms with E-state index in [9.17, 15) is 4.79 Å². The number of nitrogens with one attached hydrogen (secondary N) is 1. The first-order valence-corrected chi connectivity index (χ1v) is 9.88. The van der Waals surface area contributed by atoms with Crippen LogP contribution in [-0.4, -0.2) is 26.9 Å². The van der Waals surface area contributed by atoms with E-state index in [0.29, 0.717) is 28.7 Å². The van der Waals surface area contributed by atoms with Gasteiger partial charge in [0.05, 0.1) is 22.8 Å². The SMILES string of the molecule is Cc1ccc(-c2cc(C(=O)N[C@@H](C)Cn3ccc(-c4ccc(C#N)c(Cl)c4)n3)no2)o1. The van der Waals surface area contributed by atoms with E-state index in [-0.39, 0.29) is 17.6 Å². The number of halogens is 1. The van der Waals surface area contributed by atoms with Crippen LogP contribution in [0.4, 0.5) is 0 Å². The Kier molecular flexibility index (Phi) is 5.60. The molecule has 3 aromatic heterocycles. The van der Waals surface area contributed by atoms with Crippen LogP contribution >= 0.6 is 11.6 Å². The van der Waals surface area contributed by atoms with Crippen molar-refractivity contribution >= 4 is 17.5 Å². The van der Waals surface area contributed by atoms with Gasteiger partial charge in [0.15, 0.2) is 11.5 Å². The van der Waals surface area contributed by atoms with Gasteiger partial charge in [0.25, 0.3) is 5.91 Å². The van der Waals surface area contributed by atoms with Gasteiger partial charge in [0.1, 0.15) is 11.8 Å². The minimum absolute atomic E-state index is 0.171. The summed E-state index contributed by atoms with van der Waals surface area (Å²) in [6.07, 6.45) is 1.82. The van der Waals surface area contributed by atoms with Crippen LogP contribution in [-0.2, 0) is 6.54 Å². The molecule has 0 aliphatic rings. The normalized spacial score (nSPS) is 11.8. The Labute approximate surface area is 183 Å². The monoisotopic (exact) mass is 435 g/mol. The molecule has 0 aliphatic heterocycles. The fourth-order valence-corrected chi connectivity index (χ4v) is 3.29. The van der Waals surface area contributed by atoms with Crippen LogP contribution < -0.4 is 5.32 Å². The molecule has 1 amide bonds. The van der Waals surface area contributed by atoms with Crippen molar-refractivity contribution in [3.63, 3.8) is 0 Å². The number of hydrogen-bond donors (Lipinski definition) is 1.